The van der Waals surface area contributed by atoms with E-state index in [0.717, 1.165) is 11.5 Å². The molecule has 0 saturated heterocycles. The van der Waals surface area contributed by atoms with Crippen LogP contribution in [0.4, 0.5) is 5.82 Å². The van der Waals surface area contributed by atoms with E-state index in [1.54, 1.807) is 12.4 Å². The molecule has 0 bridgehead atoms. The first kappa shape index (κ1) is 7.79. The molecule has 0 fully saturated rings. The molecule has 0 amide bonds. The van der Waals surface area contributed by atoms with Crippen molar-refractivity contribution >= 4 is 5.82 Å². The molecule has 4 nitrogen and oxygen atoms in total. The molecule has 0 aliphatic rings. The standard InChI is InChI=1S/C9H10N4/c1-7-11-4-5-13(7)8-2-3-12-9(10)6-8/h2-6H,1H3,(H2,10,12). The first-order valence-corrected chi connectivity index (χ1v) is 3.99. The largest absolute Gasteiger partial charge is 0.384 e. The summed E-state index contributed by atoms with van der Waals surface area (Å²) in [6.07, 6.45) is 5.33. The molecule has 13 heavy (non-hydrogen) atoms. The van der Waals surface area contributed by atoms with Gasteiger partial charge >= 0.3 is 0 Å². The number of imidazole rings is 1. The zero-order valence-electron chi connectivity index (χ0n) is 7.31. The smallest absolute Gasteiger partial charge is 0.125 e. The van der Waals surface area contributed by atoms with Crippen LogP contribution in [0.25, 0.3) is 5.69 Å². The fraction of sp³-hybridized carbons (Fsp3) is 0.111. The van der Waals surface area contributed by atoms with Crippen LogP contribution in [0.5, 0.6) is 0 Å². The average Bonchev–Trinajstić information content (AvgIpc) is 2.51. The molecule has 2 aromatic rings. The van der Waals surface area contributed by atoms with E-state index >= 15 is 0 Å². The molecule has 0 aliphatic heterocycles. The second-order valence-corrected chi connectivity index (χ2v) is 2.78. The van der Waals surface area contributed by atoms with Gasteiger partial charge in [-0.1, -0.05) is 0 Å². The molecule has 0 radical (unpaired) electrons. The normalized spacial score (nSPS) is 10.2. The van der Waals surface area contributed by atoms with Gasteiger partial charge in [-0.15, -0.1) is 0 Å². The fourth-order valence-corrected chi connectivity index (χ4v) is 1.24. The molecule has 2 N–H and O–H groups in total. The van der Waals surface area contributed by atoms with Gasteiger partial charge < -0.3 is 10.3 Å². The van der Waals surface area contributed by atoms with E-state index in [9.17, 15) is 0 Å². The number of hydrogen-bond acceptors (Lipinski definition) is 3. The van der Waals surface area contributed by atoms with Crippen molar-refractivity contribution in [2.45, 2.75) is 6.92 Å². The third-order valence-electron chi connectivity index (χ3n) is 1.87. The lowest BCUT2D eigenvalue weighted by atomic mass is 10.4. The molecule has 0 atom stereocenters. The van der Waals surface area contributed by atoms with Crippen LogP contribution in [0.3, 0.4) is 0 Å². The quantitative estimate of drug-likeness (QED) is 0.705. The van der Waals surface area contributed by atoms with Crippen LogP contribution < -0.4 is 5.73 Å². The molecule has 66 valence electrons. The molecule has 2 aromatic heterocycles. The molecule has 0 unspecified atom stereocenters. The van der Waals surface area contributed by atoms with Crippen molar-refractivity contribution in [2.75, 3.05) is 5.73 Å². The van der Waals surface area contributed by atoms with Crippen molar-refractivity contribution < 1.29 is 0 Å². The summed E-state index contributed by atoms with van der Waals surface area (Å²) in [5.41, 5.74) is 6.56. The van der Waals surface area contributed by atoms with Crippen LogP contribution in [0.1, 0.15) is 5.82 Å². The number of nitrogens with zero attached hydrogens (tertiary/aromatic N) is 3. The molecular formula is C9H10N4. The van der Waals surface area contributed by atoms with Crippen LogP contribution in [0, 0.1) is 6.92 Å². The Kier molecular flexibility index (Phi) is 1.73. The summed E-state index contributed by atoms with van der Waals surface area (Å²) in [4.78, 5) is 8.05. The Bertz CT molecular complexity index is 419. The molecule has 2 rings (SSSR count). The SMILES string of the molecule is Cc1nccn1-c1ccnc(N)c1. The van der Waals surface area contributed by atoms with Gasteiger partial charge in [-0.25, -0.2) is 9.97 Å². The van der Waals surface area contributed by atoms with Gasteiger partial charge in [0, 0.05) is 24.7 Å². The lowest BCUT2D eigenvalue weighted by Gasteiger charge is -2.04. The maximum Gasteiger partial charge on any atom is 0.125 e. The Morgan fingerprint density at radius 3 is 2.77 bits per heavy atom. The Morgan fingerprint density at radius 2 is 2.15 bits per heavy atom. The first-order valence-electron chi connectivity index (χ1n) is 3.99. The molecule has 0 aliphatic carbocycles. The Hall–Kier alpha value is -1.84. The number of pyridine rings is 1. The van der Waals surface area contributed by atoms with Crippen molar-refractivity contribution in [3.05, 3.63) is 36.5 Å². The number of nitrogen functional groups attached to an aromatic ring is 1. The summed E-state index contributed by atoms with van der Waals surface area (Å²) in [5.74, 6) is 1.45. The van der Waals surface area contributed by atoms with E-state index < -0.39 is 0 Å². The lowest BCUT2D eigenvalue weighted by Crippen LogP contribution is -1.97. The first-order chi connectivity index (χ1) is 6.27. The second-order valence-electron chi connectivity index (χ2n) is 2.78. The highest BCUT2D eigenvalue weighted by molar-refractivity contribution is 5.41. The van der Waals surface area contributed by atoms with Crippen molar-refractivity contribution in [3.8, 4) is 5.69 Å². The van der Waals surface area contributed by atoms with Gasteiger partial charge in [0.15, 0.2) is 0 Å². The summed E-state index contributed by atoms with van der Waals surface area (Å²) in [6.45, 7) is 1.94. The second kappa shape index (κ2) is 2.90. The van der Waals surface area contributed by atoms with Crippen LogP contribution >= 0.6 is 0 Å². The van der Waals surface area contributed by atoms with Crippen LogP contribution in [0.2, 0.25) is 0 Å². The predicted molar refractivity (Wildman–Crippen MR) is 50.5 cm³/mol. The molecule has 2 heterocycles. The average molecular weight is 174 g/mol. The third-order valence-corrected chi connectivity index (χ3v) is 1.87. The van der Waals surface area contributed by atoms with E-state index in [4.69, 9.17) is 5.73 Å². The molecule has 0 saturated carbocycles. The van der Waals surface area contributed by atoms with Crippen molar-refractivity contribution in [1.29, 1.82) is 0 Å². The topological polar surface area (TPSA) is 56.7 Å². The van der Waals surface area contributed by atoms with Gasteiger partial charge in [-0.05, 0) is 13.0 Å². The molecule has 0 spiro atoms. The van der Waals surface area contributed by atoms with E-state index in [0.29, 0.717) is 5.82 Å². The van der Waals surface area contributed by atoms with Crippen molar-refractivity contribution in [2.24, 2.45) is 0 Å². The lowest BCUT2D eigenvalue weighted by molar-refractivity contribution is 0.971. The number of aromatic nitrogens is 3. The van der Waals surface area contributed by atoms with E-state index in [-0.39, 0.29) is 0 Å². The van der Waals surface area contributed by atoms with Crippen LogP contribution in [-0.4, -0.2) is 14.5 Å². The van der Waals surface area contributed by atoms with Gasteiger partial charge in [0.1, 0.15) is 11.6 Å². The van der Waals surface area contributed by atoms with E-state index in [1.165, 1.54) is 0 Å². The molecule has 0 aromatic carbocycles. The van der Waals surface area contributed by atoms with Crippen LogP contribution in [0.15, 0.2) is 30.7 Å². The highest BCUT2D eigenvalue weighted by Crippen LogP contribution is 2.10. The summed E-state index contributed by atoms with van der Waals surface area (Å²) < 4.78 is 1.96. The van der Waals surface area contributed by atoms with Gasteiger partial charge in [-0.3, -0.25) is 0 Å². The predicted octanol–water partition coefficient (Wildman–Crippen LogP) is 1.16. The number of anilines is 1. The summed E-state index contributed by atoms with van der Waals surface area (Å²) in [7, 11) is 0. The fourth-order valence-electron chi connectivity index (χ4n) is 1.24. The summed E-state index contributed by atoms with van der Waals surface area (Å²) >= 11 is 0. The zero-order chi connectivity index (χ0) is 9.26. The van der Waals surface area contributed by atoms with Crippen molar-refractivity contribution in [1.82, 2.24) is 14.5 Å². The number of hydrogen-bond donors (Lipinski definition) is 1. The number of rotatable bonds is 1. The zero-order valence-corrected chi connectivity index (χ0v) is 7.31. The highest BCUT2D eigenvalue weighted by atomic mass is 15.1. The Balaban J connectivity index is 2.53. The van der Waals surface area contributed by atoms with Gasteiger partial charge in [-0.2, -0.15) is 0 Å². The Morgan fingerprint density at radius 1 is 1.31 bits per heavy atom. The van der Waals surface area contributed by atoms with E-state index in [2.05, 4.69) is 9.97 Å². The van der Waals surface area contributed by atoms with Gasteiger partial charge in [0.25, 0.3) is 0 Å². The molecular weight excluding hydrogens is 164 g/mol. The van der Waals surface area contributed by atoms with Crippen LogP contribution in [-0.2, 0) is 0 Å². The van der Waals surface area contributed by atoms with Gasteiger partial charge in [0.05, 0.1) is 5.69 Å². The minimum atomic E-state index is 0.519. The third kappa shape index (κ3) is 1.38. The maximum atomic E-state index is 5.57. The van der Waals surface area contributed by atoms with E-state index in [1.807, 2.05) is 29.8 Å². The monoisotopic (exact) mass is 174 g/mol. The molecule has 4 heteroatoms. The minimum Gasteiger partial charge on any atom is -0.384 e. The Labute approximate surface area is 76.1 Å². The highest BCUT2D eigenvalue weighted by Gasteiger charge is 1.99. The minimum absolute atomic E-state index is 0.519. The number of aryl methyl sites for hydroxylation is 1. The van der Waals surface area contributed by atoms with Crippen molar-refractivity contribution in [3.63, 3.8) is 0 Å². The number of nitrogens with two attached hydrogens (primary N) is 1. The van der Waals surface area contributed by atoms with Gasteiger partial charge in [0.2, 0.25) is 0 Å². The summed E-state index contributed by atoms with van der Waals surface area (Å²) in [6, 6.07) is 3.71. The summed E-state index contributed by atoms with van der Waals surface area (Å²) in [5, 5.41) is 0. The maximum absolute atomic E-state index is 5.57.